The van der Waals surface area contributed by atoms with E-state index in [2.05, 4.69) is 10.4 Å². The molecule has 7 nitrogen and oxygen atoms in total. The molecule has 0 fully saturated rings. The maximum Gasteiger partial charge on any atom is 0.416 e. The first-order valence-corrected chi connectivity index (χ1v) is 9.87. The highest BCUT2D eigenvalue weighted by Gasteiger charge is 2.30. The molecular formula is C22H21F3N4O3. The van der Waals surface area contributed by atoms with Crippen molar-refractivity contribution in [2.45, 2.75) is 33.0 Å². The largest absolute Gasteiger partial charge is 0.416 e. The van der Waals surface area contributed by atoms with Gasteiger partial charge in [0.15, 0.2) is 0 Å². The molecule has 1 heterocycles. The van der Waals surface area contributed by atoms with Gasteiger partial charge in [0.05, 0.1) is 17.8 Å². The molecule has 0 aliphatic heterocycles. The summed E-state index contributed by atoms with van der Waals surface area (Å²) >= 11 is 0. The number of carbonyl (C=O) groups excluding carboxylic acids is 1. The molecule has 0 saturated carbocycles. The van der Waals surface area contributed by atoms with E-state index in [0.717, 1.165) is 26.9 Å². The van der Waals surface area contributed by atoms with Gasteiger partial charge in [-0.3, -0.25) is 14.2 Å². The van der Waals surface area contributed by atoms with Crippen molar-refractivity contribution in [2.24, 2.45) is 0 Å². The van der Waals surface area contributed by atoms with E-state index in [4.69, 9.17) is 0 Å². The lowest BCUT2D eigenvalue weighted by atomic mass is 10.1. The van der Waals surface area contributed by atoms with Crippen molar-refractivity contribution in [3.8, 4) is 5.69 Å². The third-order valence-electron chi connectivity index (χ3n) is 4.71. The summed E-state index contributed by atoms with van der Waals surface area (Å²) in [5, 5.41) is 6.54. The molecule has 2 aromatic carbocycles. The van der Waals surface area contributed by atoms with Gasteiger partial charge in [-0.05, 0) is 43.2 Å². The number of rotatable bonds is 6. The molecule has 3 rings (SSSR count). The molecule has 0 aliphatic rings. The highest BCUT2D eigenvalue weighted by atomic mass is 19.4. The van der Waals surface area contributed by atoms with Crippen LogP contribution in [0.5, 0.6) is 0 Å². The average molecular weight is 446 g/mol. The van der Waals surface area contributed by atoms with E-state index < -0.39 is 34.6 Å². The Hall–Kier alpha value is -3.69. The van der Waals surface area contributed by atoms with E-state index >= 15 is 0 Å². The van der Waals surface area contributed by atoms with Crippen LogP contribution in [-0.4, -0.2) is 26.8 Å². The van der Waals surface area contributed by atoms with Gasteiger partial charge in [-0.1, -0.05) is 36.8 Å². The van der Waals surface area contributed by atoms with Crippen LogP contribution in [0.1, 0.15) is 40.5 Å². The average Bonchev–Trinajstić information content (AvgIpc) is 2.75. The van der Waals surface area contributed by atoms with Crippen LogP contribution in [0.15, 0.2) is 58.1 Å². The van der Waals surface area contributed by atoms with Gasteiger partial charge >= 0.3 is 11.9 Å². The summed E-state index contributed by atoms with van der Waals surface area (Å²) in [6.07, 6.45) is -3.88. The Morgan fingerprint density at radius 1 is 1.03 bits per heavy atom. The fourth-order valence-corrected chi connectivity index (χ4v) is 2.95. The molecule has 0 aliphatic carbocycles. The number of carbonyl (C=O) groups is 1. The van der Waals surface area contributed by atoms with Crippen LogP contribution in [-0.2, 0) is 12.7 Å². The predicted octanol–water partition coefficient (Wildman–Crippen LogP) is 2.91. The van der Waals surface area contributed by atoms with Crippen molar-refractivity contribution < 1.29 is 18.0 Å². The van der Waals surface area contributed by atoms with Gasteiger partial charge in [-0.25, -0.2) is 4.79 Å². The van der Waals surface area contributed by atoms with Crippen LogP contribution in [0.4, 0.5) is 13.2 Å². The summed E-state index contributed by atoms with van der Waals surface area (Å²) < 4.78 is 40.2. The van der Waals surface area contributed by atoms with Crippen LogP contribution < -0.4 is 16.6 Å². The number of hydrogen-bond donors (Lipinski definition) is 1. The van der Waals surface area contributed by atoms with Crippen molar-refractivity contribution in [1.82, 2.24) is 19.7 Å². The minimum Gasteiger partial charge on any atom is -0.350 e. The highest BCUT2D eigenvalue weighted by molar-refractivity contribution is 5.91. The van der Waals surface area contributed by atoms with E-state index in [9.17, 15) is 27.6 Å². The van der Waals surface area contributed by atoms with Gasteiger partial charge in [-0.2, -0.15) is 23.0 Å². The van der Waals surface area contributed by atoms with Crippen LogP contribution in [0, 0.1) is 6.92 Å². The zero-order valence-corrected chi connectivity index (χ0v) is 17.4. The van der Waals surface area contributed by atoms with Crippen LogP contribution in [0.2, 0.25) is 0 Å². The molecule has 32 heavy (non-hydrogen) atoms. The standard InChI is InChI=1S/C22H21F3N4O3/c1-3-12-26-19(30)18-20(31)28(13-15-6-8-16(9-7-15)22(23,24)25)21(32)29(27-18)17-10-4-14(2)5-11-17/h4-11H,3,12-13H2,1-2H3,(H,26,30). The summed E-state index contributed by atoms with van der Waals surface area (Å²) in [7, 11) is 0. The van der Waals surface area contributed by atoms with Gasteiger partial charge < -0.3 is 5.32 Å². The lowest BCUT2D eigenvalue weighted by molar-refractivity contribution is -0.137. The lowest BCUT2D eigenvalue weighted by Crippen LogP contribution is -2.46. The van der Waals surface area contributed by atoms with E-state index in [1.165, 1.54) is 12.1 Å². The molecule has 0 bridgehead atoms. The maximum absolute atomic E-state index is 13.0. The first-order valence-electron chi connectivity index (χ1n) is 9.87. The molecule has 10 heteroatoms. The normalized spacial score (nSPS) is 11.4. The first kappa shape index (κ1) is 23.0. The van der Waals surface area contributed by atoms with Crippen LogP contribution in [0.25, 0.3) is 5.69 Å². The molecule has 1 aromatic heterocycles. The SMILES string of the molecule is CCCNC(=O)c1nn(-c2ccc(C)cc2)c(=O)n(Cc2ccc(C(F)(F)F)cc2)c1=O. The summed E-state index contributed by atoms with van der Waals surface area (Å²) in [6, 6.07) is 10.8. The number of nitrogens with zero attached hydrogens (tertiary/aromatic N) is 3. The number of amides is 1. The third kappa shape index (κ3) is 4.96. The Labute approximate surface area is 181 Å². The Balaban J connectivity index is 2.12. The van der Waals surface area contributed by atoms with Crippen LogP contribution >= 0.6 is 0 Å². The third-order valence-corrected chi connectivity index (χ3v) is 4.71. The molecule has 0 unspecified atom stereocenters. The lowest BCUT2D eigenvalue weighted by Gasteiger charge is -2.13. The van der Waals surface area contributed by atoms with Crippen molar-refractivity contribution in [3.63, 3.8) is 0 Å². The summed E-state index contributed by atoms with van der Waals surface area (Å²) in [4.78, 5) is 38.5. The molecular weight excluding hydrogens is 425 g/mol. The first-order chi connectivity index (χ1) is 15.1. The van der Waals surface area contributed by atoms with Crippen molar-refractivity contribution in [1.29, 1.82) is 0 Å². The number of halogens is 3. The fraction of sp³-hybridized carbons (Fsp3) is 0.273. The number of alkyl halides is 3. The second-order valence-electron chi connectivity index (χ2n) is 7.22. The van der Waals surface area contributed by atoms with Gasteiger partial charge in [0.2, 0.25) is 5.69 Å². The quantitative estimate of drug-likeness (QED) is 0.631. The number of aromatic nitrogens is 3. The maximum atomic E-state index is 13.0. The Bertz CT molecular complexity index is 1230. The molecule has 0 radical (unpaired) electrons. The van der Waals surface area contributed by atoms with Gasteiger partial charge in [-0.15, -0.1) is 0 Å². The van der Waals surface area contributed by atoms with Crippen molar-refractivity contribution in [2.75, 3.05) is 6.54 Å². The monoisotopic (exact) mass is 446 g/mol. The smallest absolute Gasteiger partial charge is 0.350 e. The zero-order chi connectivity index (χ0) is 23.5. The Morgan fingerprint density at radius 2 is 1.66 bits per heavy atom. The van der Waals surface area contributed by atoms with Gasteiger partial charge in [0, 0.05) is 6.54 Å². The number of hydrogen-bond acceptors (Lipinski definition) is 4. The molecule has 1 amide bonds. The summed E-state index contributed by atoms with van der Waals surface area (Å²) in [5.41, 5.74) is -1.51. The molecule has 0 spiro atoms. The molecule has 0 atom stereocenters. The zero-order valence-electron chi connectivity index (χ0n) is 17.4. The fourth-order valence-electron chi connectivity index (χ4n) is 2.95. The van der Waals surface area contributed by atoms with E-state index in [-0.39, 0.29) is 6.54 Å². The minimum absolute atomic E-state index is 0.291. The Kier molecular flexibility index (Phi) is 6.61. The molecule has 3 aromatic rings. The van der Waals surface area contributed by atoms with Crippen molar-refractivity contribution in [3.05, 3.63) is 91.8 Å². The molecule has 1 N–H and O–H groups in total. The molecule has 168 valence electrons. The van der Waals surface area contributed by atoms with E-state index in [0.29, 0.717) is 24.2 Å². The highest BCUT2D eigenvalue weighted by Crippen LogP contribution is 2.29. The molecule has 0 saturated heterocycles. The van der Waals surface area contributed by atoms with Crippen molar-refractivity contribution >= 4 is 5.91 Å². The minimum atomic E-state index is -4.51. The number of benzene rings is 2. The van der Waals surface area contributed by atoms with Crippen LogP contribution in [0.3, 0.4) is 0 Å². The summed E-state index contributed by atoms with van der Waals surface area (Å²) in [5.74, 6) is -0.737. The van der Waals surface area contributed by atoms with Gasteiger partial charge in [0.25, 0.3) is 11.5 Å². The Morgan fingerprint density at radius 3 is 2.22 bits per heavy atom. The van der Waals surface area contributed by atoms with E-state index in [1.54, 1.807) is 24.3 Å². The second kappa shape index (κ2) is 9.21. The van der Waals surface area contributed by atoms with E-state index in [1.807, 2.05) is 13.8 Å². The summed E-state index contributed by atoms with van der Waals surface area (Å²) in [6.45, 7) is 3.68. The van der Waals surface area contributed by atoms with Gasteiger partial charge in [0.1, 0.15) is 0 Å². The predicted molar refractivity (Wildman–Crippen MR) is 112 cm³/mol. The number of aryl methyl sites for hydroxylation is 1. The number of nitrogens with one attached hydrogen (secondary N) is 1. The topological polar surface area (TPSA) is 86.0 Å². The second-order valence-corrected chi connectivity index (χ2v) is 7.22.